The van der Waals surface area contributed by atoms with Crippen molar-refractivity contribution in [1.82, 2.24) is 0 Å². The zero-order valence-electron chi connectivity index (χ0n) is 33.5. The van der Waals surface area contributed by atoms with Crippen LogP contribution in [0.5, 0.6) is 34.5 Å². The van der Waals surface area contributed by atoms with Crippen LogP contribution in [0.15, 0.2) is 94.7 Å². The van der Waals surface area contributed by atoms with Gasteiger partial charge in [0.05, 0.1) is 9.79 Å². The van der Waals surface area contributed by atoms with Crippen molar-refractivity contribution in [2.75, 3.05) is 0 Å². The summed E-state index contributed by atoms with van der Waals surface area (Å²) in [7, 11) is -9.01. The van der Waals surface area contributed by atoms with E-state index in [1.54, 1.807) is 12.1 Å². The standard InChI is InChI=1S/2C22H30O5S.Ca/c2*1-2-3-4-5-6-7-8-9-11-18-12-10-13-19(16-18)27-22-15-14-20(17-21(22)23)28(24,25)26;/h2*10,12-17,23H,2-9,11H2,1H3,(H,24,25,26);/q;;+2/p-2. The smallest absolute Gasteiger partial charge is 0.870 e. The second-order valence-electron chi connectivity index (χ2n) is 14.1. The first-order valence-corrected chi connectivity index (χ1v) is 22.8. The minimum atomic E-state index is -4.65. The van der Waals surface area contributed by atoms with E-state index in [0.717, 1.165) is 55.0 Å². The number of aromatic hydroxyl groups is 1. The molecule has 2 N–H and O–H groups in total. The third kappa shape index (κ3) is 20.1. The summed E-state index contributed by atoms with van der Waals surface area (Å²) in [5.74, 6) is 0.251. The summed E-state index contributed by atoms with van der Waals surface area (Å²) in [6, 6.07) is 21.8. The van der Waals surface area contributed by atoms with Gasteiger partial charge in [-0.1, -0.05) is 134 Å². The third-order valence-electron chi connectivity index (χ3n) is 9.32. The summed E-state index contributed by atoms with van der Waals surface area (Å²) < 4.78 is 75.5. The molecule has 0 aliphatic carbocycles. The van der Waals surface area contributed by atoms with Crippen molar-refractivity contribution in [2.45, 2.75) is 139 Å². The zero-order valence-corrected chi connectivity index (χ0v) is 37.3. The third-order valence-corrected chi connectivity index (χ3v) is 11.0. The van der Waals surface area contributed by atoms with Gasteiger partial charge in [-0.25, -0.2) is 8.42 Å². The van der Waals surface area contributed by atoms with E-state index in [1.807, 2.05) is 30.3 Å². The van der Waals surface area contributed by atoms with Crippen LogP contribution in [0.3, 0.4) is 0 Å². The van der Waals surface area contributed by atoms with Gasteiger partial charge in [-0.05, 0) is 91.4 Å². The van der Waals surface area contributed by atoms with E-state index in [0.29, 0.717) is 11.5 Å². The second-order valence-corrected chi connectivity index (χ2v) is 16.9. The second kappa shape index (κ2) is 27.0. The Morgan fingerprint density at radius 3 is 1.39 bits per heavy atom. The van der Waals surface area contributed by atoms with E-state index in [2.05, 4.69) is 19.9 Å². The topological polar surface area (TPSA) is 173 Å². The predicted octanol–water partition coefficient (Wildman–Crippen LogP) is 10.9. The number of phenolic OH excluding ortho intramolecular Hbond substituents is 1. The molecule has 0 aliphatic rings. The maximum Gasteiger partial charge on any atom is 2.00 e. The molecule has 0 bridgehead atoms. The molecule has 13 heteroatoms. The summed E-state index contributed by atoms with van der Waals surface area (Å²) in [6.45, 7) is 4.45. The first-order chi connectivity index (χ1) is 26.8. The summed E-state index contributed by atoms with van der Waals surface area (Å²) >= 11 is 0. The maximum absolute atomic E-state index is 12.0. The van der Waals surface area contributed by atoms with Crippen LogP contribution in [0.4, 0.5) is 0 Å². The van der Waals surface area contributed by atoms with Crippen LogP contribution in [-0.4, -0.2) is 68.8 Å². The van der Waals surface area contributed by atoms with Crippen molar-refractivity contribution in [3.63, 3.8) is 0 Å². The Bertz CT molecular complexity index is 1840. The SMILES string of the molecule is CCCCCCCCCCc1cccc(Oc2ccc(S(=O)(=O)O)cc2O)c1.CCCCCCCCCCc1cccc(Oc2ccc(S(=O)(=O)[O-])cc2[O-])c1.[Ca+2]. The molecule has 4 aromatic carbocycles. The van der Waals surface area contributed by atoms with Crippen molar-refractivity contribution in [3.05, 3.63) is 96.1 Å². The van der Waals surface area contributed by atoms with Gasteiger partial charge in [0.15, 0.2) is 11.5 Å². The summed E-state index contributed by atoms with van der Waals surface area (Å²) in [6.07, 6.45) is 22.3. The van der Waals surface area contributed by atoms with Gasteiger partial charge in [0.1, 0.15) is 27.4 Å². The van der Waals surface area contributed by atoms with Crippen molar-refractivity contribution in [1.29, 1.82) is 0 Å². The number of aryl methyl sites for hydroxylation is 2. The Morgan fingerprint density at radius 1 is 0.544 bits per heavy atom. The van der Waals surface area contributed by atoms with E-state index in [1.165, 1.54) is 108 Å². The average molecular weight is 851 g/mol. The molecule has 0 amide bonds. The van der Waals surface area contributed by atoms with Crippen molar-refractivity contribution < 1.29 is 45.6 Å². The Hall–Kier alpha value is -2.84. The molecule has 0 aromatic heterocycles. The molecule has 0 atom stereocenters. The number of phenols is 1. The van der Waals surface area contributed by atoms with Crippen LogP contribution < -0.4 is 14.6 Å². The number of rotatable bonds is 24. The van der Waals surface area contributed by atoms with Crippen molar-refractivity contribution in [2.24, 2.45) is 0 Å². The van der Waals surface area contributed by atoms with E-state index in [4.69, 9.17) is 14.0 Å². The van der Waals surface area contributed by atoms with Crippen LogP contribution >= 0.6 is 0 Å². The minimum absolute atomic E-state index is 0. The monoisotopic (exact) mass is 850 g/mol. The molecule has 4 aromatic rings. The number of hydrogen-bond acceptors (Lipinski definition) is 9. The van der Waals surface area contributed by atoms with Gasteiger partial charge in [-0.15, -0.1) is 0 Å². The van der Waals surface area contributed by atoms with Gasteiger partial charge >= 0.3 is 37.7 Å². The number of hydrogen-bond donors (Lipinski definition) is 2. The number of benzene rings is 4. The fourth-order valence-electron chi connectivity index (χ4n) is 6.18. The van der Waals surface area contributed by atoms with Crippen LogP contribution in [0.25, 0.3) is 0 Å². The Labute approximate surface area is 370 Å². The molecule has 0 aliphatic heterocycles. The molecule has 10 nitrogen and oxygen atoms in total. The van der Waals surface area contributed by atoms with E-state index in [9.17, 15) is 31.6 Å². The summed E-state index contributed by atoms with van der Waals surface area (Å²) in [5, 5.41) is 21.9. The Kier molecular flexibility index (Phi) is 23.8. The van der Waals surface area contributed by atoms with Crippen LogP contribution in [0.1, 0.15) is 128 Å². The molecule has 0 radical (unpaired) electrons. The van der Waals surface area contributed by atoms with Crippen molar-refractivity contribution in [3.8, 4) is 34.5 Å². The largest absolute Gasteiger partial charge is 2.00 e. The molecule has 0 unspecified atom stereocenters. The minimum Gasteiger partial charge on any atom is -0.870 e. The normalized spacial score (nSPS) is 11.3. The van der Waals surface area contributed by atoms with Gasteiger partial charge < -0.3 is 24.2 Å². The van der Waals surface area contributed by atoms with Crippen LogP contribution in [0.2, 0.25) is 0 Å². The average Bonchev–Trinajstić information content (AvgIpc) is 3.15. The van der Waals surface area contributed by atoms with Gasteiger partial charge in [0.25, 0.3) is 10.1 Å². The summed E-state index contributed by atoms with van der Waals surface area (Å²) in [4.78, 5) is -0.922. The molecule has 0 fully saturated rings. The molecule has 308 valence electrons. The molecular formula is C44H58CaO10S2. The van der Waals surface area contributed by atoms with Crippen LogP contribution in [0, 0.1) is 0 Å². The fourth-order valence-corrected chi connectivity index (χ4v) is 7.17. The van der Waals surface area contributed by atoms with Gasteiger partial charge in [0, 0.05) is 6.07 Å². The van der Waals surface area contributed by atoms with Gasteiger partial charge in [-0.2, -0.15) is 8.42 Å². The Morgan fingerprint density at radius 2 is 0.965 bits per heavy atom. The maximum atomic E-state index is 12.0. The van der Waals surface area contributed by atoms with Crippen LogP contribution in [-0.2, 0) is 33.1 Å². The van der Waals surface area contributed by atoms with E-state index in [-0.39, 0.29) is 59.9 Å². The molecule has 0 spiro atoms. The molecule has 0 saturated carbocycles. The van der Waals surface area contributed by atoms with Gasteiger partial charge in [-0.3, -0.25) is 4.55 Å². The number of ether oxygens (including phenoxy) is 2. The predicted molar refractivity (Wildman–Crippen MR) is 223 cm³/mol. The molecule has 0 heterocycles. The summed E-state index contributed by atoms with van der Waals surface area (Å²) in [5.41, 5.74) is 2.30. The molecular weight excluding hydrogens is 793 g/mol. The fraction of sp³-hybridized carbons (Fsp3) is 0.455. The first-order valence-electron chi connectivity index (χ1n) is 19.9. The Balaban J connectivity index is 0.000000387. The van der Waals surface area contributed by atoms with Crippen molar-refractivity contribution >= 4 is 58.0 Å². The quantitative estimate of drug-likeness (QED) is 0.0392. The number of unbranched alkanes of at least 4 members (excludes halogenated alkanes) is 14. The molecule has 0 saturated heterocycles. The molecule has 57 heavy (non-hydrogen) atoms. The van der Waals surface area contributed by atoms with E-state index < -0.39 is 30.9 Å². The van der Waals surface area contributed by atoms with Gasteiger partial charge in [0.2, 0.25) is 0 Å². The zero-order chi connectivity index (χ0) is 40.8. The first kappa shape index (κ1) is 50.3. The molecule has 4 rings (SSSR count). The van der Waals surface area contributed by atoms with E-state index >= 15 is 0 Å².